The van der Waals surface area contributed by atoms with E-state index in [4.69, 9.17) is 9.47 Å². The summed E-state index contributed by atoms with van der Waals surface area (Å²) in [6.45, 7) is 5.17. The molecule has 0 N–H and O–H groups in total. The topological polar surface area (TPSA) is 62.1 Å². The lowest BCUT2D eigenvalue weighted by molar-refractivity contribution is -0.154. The van der Waals surface area contributed by atoms with E-state index in [1.165, 1.54) is 6.20 Å². The van der Waals surface area contributed by atoms with E-state index < -0.39 is 12.8 Å². The fraction of sp³-hybridized carbons (Fsp3) is 0.421. The Labute approximate surface area is 160 Å². The highest BCUT2D eigenvalue weighted by Gasteiger charge is 2.29. The number of nitrogens with zero attached hydrogens (tertiary/aromatic N) is 4. The van der Waals surface area contributed by atoms with Crippen LogP contribution in [0, 0.1) is 6.92 Å². The first-order chi connectivity index (χ1) is 13.3. The molecule has 6 nitrogen and oxygen atoms in total. The quantitative estimate of drug-likeness (QED) is 0.600. The van der Waals surface area contributed by atoms with Crippen molar-refractivity contribution in [2.24, 2.45) is 0 Å². The summed E-state index contributed by atoms with van der Waals surface area (Å²) in [4.78, 5) is 8.42. The number of pyridine rings is 2. The highest BCUT2D eigenvalue weighted by Crippen LogP contribution is 2.24. The normalized spacial score (nSPS) is 13.1. The van der Waals surface area contributed by atoms with Gasteiger partial charge in [-0.3, -0.25) is 9.67 Å². The largest absolute Gasteiger partial charge is 0.468 e. The first kappa shape index (κ1) is 20.1. The summed E-state index contributed by atoms with van der Waals surface area (Å²) < 4.78 is 49.0. The Morgan fingerprint density at radius 3 is 2.71 bits per heavy atom. The van der Waals surface area contributed by atoms with Gasteiger partial charge in [-0.15, -0.1) is 0 Å². The van der Waals surface area contributed by atoms with Gasteiger partial charge < -0.3 is 9.47 Å². The molecular weight excluding hydrogens is 373 g/mol. The van der Waals surface area contributed by atoms with E-state index in [0.29, 0.717) is 18.7 Å². The van der Waals surface area contributed by atoms with Gasteiger partial charge >= 0.3 is 6.18 Å². The molecule has 28 heavy (non-hydrogen) atoms. The average molecular weight is 394 g/mol. The number of fused-ring (bicyclic) bond motifs is 1. The van der Waals surface area contributed by atoms with Gasteiger partial charge in [0, 0.05) is 36.1 Å². The lowest BCUT2D eigenvalue weighted by Gasteiger charge is -2.11. The summed E-state index contributed by atoms with van der Waals surface area (Å²) in [6, 6.07) is 3.57. The van der Waals surface area contributed by atoms with E-state index in [0.717, 1.165) is 22.2 Å². The monoisotopic (exact) mass is 394 g/mol. The highest BCUT2D eigenvalue weighted by atomic mass is 19.4. The Hall–Kier alpha value is -2.68. The van der Waals surface area contributed by atoms with Gasteiger partial charge in [0.15, 0.2) is 6.61 Å². The summed E-state index contributed by atoms with van der Waals surface area (Å²) in [5.74, 6) is -0.0243. The summed E-state index contributed by atoms with van der Waals surface area (Å²) in [6.07, 6.45) is 0.527. The zero-order chi connectivity index (χ0) is 20.3. The zero-order valence-corrected chi connectivity index (χ0v) is 15.8. The minimum Gasteiger partial charge on any atom is -0.468 e. The third-order valence-electron chi connectivity index (χ3n) is 4.12. The molecule has 0 aromatic carbocycles. The van der Waals surface area contributed by atoms with Gasteiger partial charge in [-0.05, 0) is 38.5 Å². The van der Waals surface area contributed by atoms with Crippen LogP contribution in [0.25, 0.3) is 10.9 Å². The zero-order valence-electron chi connectivity index (χ0n) is 15.8. The van der Waals surface area contributed by atoms with Crippen LogP contribution in [0.4, 0.5) is 13.2 Å². The van der Waals surface area contributed by atoms with E-state index in [2.05, 4.69) is 15.1 Å². The van der Waals surface area contributed by atoms with Crippen LogP contribution in [0.1, 0.15) is 36.8 Å². The Bertz CT molecular complexity index is 956. The number of rotatable bonds is 7. The molecule has 9 heteroatoms. The van der Waals surface area contributed by atoms with E-state index in [1.807, 2.05) is 26.1 Å². The fourth-order valence-corrected chi connectivity index (χ4v) is 2.94. The van der Waals surface area contributed by atoms with Gasteiger partial charge in [0.1, 0.15) is 0 Å². The second kappa shape index (κ2) is 8.14. The molecule has 0 fully saturated rings. The van der Waals surface area contributed by atoms with Crippen LogP contribution in [0.15, 0.2) is 30.7 Å². The summed E-state index contributed by atoms with van der Waals surface area (Å²) in [5.41, 5.74) is 2.95. The third kappa shape index (κ3) is 4.78. The number of ether oxygens (including phenoxy) is 2. The minimum absolute atomic E-state index is 0.0243. The predicted molar refractivity (Wildman–Crippen MR) is 97.2 cm³/mol. The number of hydrogen-bond acceptors (Lipinski definition) is 5. The number of alkyl halides is 3. The molecule has 0 saturated heterocycles. The van der Waals surface area contributed by atoms with E-state index in [-0.39, 0.29) is 12.0 Å². The molecule has 3 heterocycles. The number of halogens is 3. The number of aryl methyl sites for hydroxylation is 1. The van der Waals surface area contributed by atoms with Crippen molar-refractivity contribution < 1.29 is 22.6 Å². The molecular formula is C19H21F3N4O2. The summed E-state index contributed by atoms with van der Waals surface area (Å²) >= 11 is 0. The van der Waals surface area contributed by atoms with Crippen molar-refractivity contribution in [1.82, 2.24) is 19.7 Å². The molecule has 3 aromatic heterocycles. The maximum absolute atomic E-state index is 12.3. The summed E-state index contributed by atoms with van der Waals surface area (Å²) in [7, 11) is 0. The maximum Gasteiger partial charge on any atom is 0.422 e. The lowest BCUT2D eigenvalue weighted by Crippen LogP contribution is -2.20. The van der Waals surface area contributed by atoms with Crippen LogP contribution < -0.4 is 4.74 Å². The Morgan fingerprint density at radius 2 is 2.04 bits per heavy atom. The second-order valence-corrected chi connectivity index (χ2v) is 6.42. The van der Waals surface area contributed by atoms with Crippen molar-refractivity contribution in [3.63, 3.8) is 0 Å². The molecule has 0 saturated carbocycles. The maximum atomic E-state index is 12.3. The van der Waals surface area contributed by atoms with Crippen LogP contribution in [-0.2, 0) is 11.3 Å². The van der Waals surface area contributed by atoms with Crippen LogP contribution in [-0.4, -0.2) is 39.1 Å². The molecule has 0 amide bonds. The van der Waals surface area contributed by atoms with Crippen molar-refractivity contribution >= 4 is 10.9 Å². The van der Waals surface area contributed by atoms with Gasteiger partial charge in [0.25, 0.3) is 0 Å². The Morgan fingerprint density at radius 1 is 1.25 bits per heavy atom. The van der Waals surface area contributed by atoms with Crippen molar-refractivity contribution in [2.45, 2.75) is 39.6 Å². The molecule has 3 aromatic rings. The van der Waals surface area contributed by atoms with Crippen molar-refractivity contribution in [3.8, 4) is 5.88 Å². The lowest BCUT2D eigenvalue weighted by atomic mass is 10.2. The fourth-order valence-electron chi connectivity index (χ4n) is 2.94. The molecule has 0 radical (unpaired) electrons. The summed E-state index contributed by atoms with van der Waals surface area (Å²) in [5, 5.41) is 5.45. The third-order valence-corrected chi connectivity index (χ3v) is 4.12. The average Bonchev–Trinajstić information content (AvgIpc) is 3.02. The molecule has 0 spiro atoms. The Kier molecular flexibility index (Phi) is 5.83. The van der Waals surface area contributed by atoms with Gasteiger partial charge in [-0.2, -0.15) is 18.3 Å². The van der Waals surface area contributed by atoms with E-state index in [1.54, 1.807) is 23.9 Å². The smallest absolute Gasteiger partial charge is 0.422 e. The number of hydrogen-bond donors (Lipinski definition) is 0. The standard InChI is InChI=1S/C19H21F3N4O2/c1-4-27-13(3)17-15-10-26(25-16(15)5-6-23-17)9-14-7-12(2)18(24-8-14)28-11-19(20,21)22/h5-8,10,13H,4,9,11H2,1-3H3. The van der Waals surface area contributed by atoms with Crippen LogP contribution in [0.3, 0.4) is 0 Å². The SMILES string of the molecule is CCOC(C)c1nccc2nn(Cc3cnc(OCC(F)(F)F)c(C)c3)cc12. The predicted octanol–water partition coefficient (Wildman–Crippen LogP) is 4.22. The van der Waals surface area contributed by atoms with Gasteiger partial charge in [0.2, 0.25) is 5.88 Å². The van der Waals surface area contributed by atoms with E-state index >= 15 is 0 Å². The van der Waals surface area contributed by atoms with Gasteiger partial charge in [-0.1, -0.05) is 0 Å². The highest BCUT2D eigenvalue weighted by molar-refractivity contribution is 5.80. The molecule has 3 rings (SSSR count). The number of aromatic nitrogens is 4. The van der Waals surface area contributed by atoms with Crippen LogP contribution in [0.2, 0.25) is 0 Å². The molecule has 0 bridgehead atoms. The van der Waals surface area contributed by atoms with Gasteiger partial charge in [0.05, 0.1) is 23.9 Å². The van der Waals surface area contributed by atoms with E-state index in [9.17, 15) is 13.2 Å². The van der Waals surface area contributed by atoms with Crippen LogP contribution >= 0.6 is 0 Å². The van der Waals surface area contributed by atoms with Crippen molar-refractivity contribution in [3.05, 3.63) is 47.5 Å². The molecule has 0 aliphatic heterocycles. The molecule has 0 aliphatic carbocycles. The van der Waals surface area contributed by atoms with Crippen molar-refractivity contribution in [1.29, 1.82) is 0 Å². The molecule has 0 aliphatic rings. The second-order valence-electron chi connectivity index (χ2n) is 6.42. The molecule has 150 valence electrons. The van der Waals surface area contributed by atoms with Crippen molar-refractivity contribution in [2.75, 3.05) is 13.2 Å². The molecule has 1 unspecified atom stereocenters. The first-order valence-corrected chi connectivity index (χ1v) is 8.85. The molecule has 1 atom stereocenters. The Balaban J connectivity index is 1.79. The van der Waals surface area contributed by atoms with Gasteiger partial charge in [-0.25, -0.2) is 4.98 Å². The minimum atomic E-state index is -4.40. The first-order valence-electron chi connectivity index (χ1n) is 8.85. The van der Waals surface area contributed by atoms with Crippen LogP contribution in [0.5, 0.6) is 5.88 Å².